The van der Waals surface area contributed by atoms with E-state index >= 15 is 0 Å². The molecule has 0 aliphatic rings. The van der Waals surface area contributed by atoms with E-state index < -0.39 is 4.92 Å². The lowest BCUT2D eigenvalue weighted by atomic mass is 10.1. The molecule has 0 unspecified atom stereocenters. The largest absolute Gasteiger partial charge is 0.482 e. The molecular weight excluding hydrogens is 446 g/mol. The zero-order valence-corrected chi connectivity index (χ0v) is 18.4. The van der Waals surface area contributed by atoms with Gasteiger partial charge in [0, 0.05) is 22.7 Å². The van der Waals surface area contributed by atoms with E-state index in [1.165, 1.54) is 23.5 Å². The normalized spacial score (nSPS) is 10.8. The fourth-order valence-corrected chi connectivity index (χ4v) is 4.30. The molecule has 10 heteroatoms. The molecule has 0 spiro atoms. The molecule has 0 atom stereocenters. The third-order valence-electron chi connectivity index (χ3n) is 4.81. The Bertz CT molecular complexity index is 1330. The summed E-state index contributed by atoms with van der Waals surface area (Å²) < 4.78 is 12.2. The van der Waals surface area contributed by atoms with Crippen LogP contribution >= 0.6 is 11.3 Å². The SMILES string of the molecule is CCOC(=O)Cc1cn2c(C=O)c(-c3ccc(OCc4ccccc4)c([N+](=O)[O-])c3)nc2s1. The van der Waals surface area contributed by atoms with Crippen LogP contribution in [0.25, 0.3) is 16.2 Å². The first kappa shape index (κ1) is 22.2. The number of carbonyl (C=O) groups excluding carboxylic acids is 2. The van der Waals surface area contributed by atoms with Gasteiger partial charge < -0.3 is 9.47 Å². The molecule has 2 aromatic heterocycles. The second-order valence-corrected chi connectivity index (χ2v) is 8.10. The Hall–Kier alpha value is -4.05. The van der Waals surface area contributed by atoms with Crippen molar-refractivity contribution in [3.63, 3.8) is 0 Å². The van der Waals surface area contributed by atoms with E-state index in [0.29, 0.717) is 27.4 Å². The van der Waals surface area contributed by atoms with E-state index in [9.17, 15) is 19.7 Å². The van der Waals surface area contributed by atoms with Gasteiger partial charge in [0.15, 0.2) is 17.0 Å². The Morgan fingerprint density at radius 1 is 1.24 bits per heavy atom. The zero-order chi connectivity index (χ0) is 23.4. The minimum Gasteiger partial charge on any atom is -0.482 e. The summed E-state index contributed by atoms with van der Waals surface area (Å²) in [5, 5.41) is 11.7. The van der Waals surface area contributed by atoms with E-state index in [1.54, 1.807) is 23.6 Å². The molecule has 2 aromatic carbocycles. The number of fused-ring (bicyclic) bond motifs is 1. The van der Waals surface area contributed by atoms with Crippen molar-refractivity contribution >= 4 is 34.2 Å². The molecule has 0 N–H and O–H groups in total. The first-order valence-electron chi connectivity index (χ1n) is 10.1. The van der Waals surface area contributed by atoms with Gasteiger partial charge in [0.2, 0.25) is 0 Å². The van der Waals surface area contributed by atoms with Gasteiger partial charge in [-0.1, -0.05) is 30.3 Å². The van der Waals surface area contributed by atoms with Crippen LogP contribution in [0.5, 0.6) is 5.75 Å². The molecule has 0 saturated carbocycles. The number of nitrogens with zero attached hydrogens (tertiary/aromatic N) is 3. The molecule has 4 rings (SSSR count). The number of carbonyl (C=O) groups is 2. The lowest BCUT2D eigenvalue weighted by Gasteiger charge is -2.08. The third-order valence-corrected chi connectivity index (χ3v) is 5.80. The van der Waals surface area contributed by atoms with E-state index in [-0.39, 0.29) is 42.7 Å². The van der Waals surface area contributed by atoms with Crippen molar-refractivity contribution in [3.8, 4) is 17.0 Å². The maximum absolute atomic E-state index is 11.8. The number of aldehydes is 1. The number of hydrogen-bond acceptors (Lipinski definition) is 8. The second kappa shape index (κ2) is 9.61. The molecule has 0 fully saturated rings. The summed E-state index contributed by atoms with van der Waals surface area (Å²) in [6.07, 6.45) is 2.37. The summed E-state index contributed by atoms with van der Waals surface area (Å²) in [6.45, 7) is 2.20. The number of benzene rings is 2. The van der Waals surface area contributed by atoms with Gasteiger partial charge in [-0.05, 0) is 24.6 Å². The average Bonchev–Trinajstić information content (AvgIpc) is 3.35. The molecule has 33 heavy (non-hydrogen) atoms. The molecule has 0 amide bonds. The van der Waals surface area contributed by atoms with Crippen LogP contribution in [0.3, 0.4) is 0 Å². The highest BCUT2D eigenvalue weighted by molar-refractivity contribution is 7.17. The first-order chi connectivity index (χ1) is 16.0. The van der Waals surface area contributed by atoms with Gasteiger partial charge in [-0.2, -0.15) is 0 Å². The Labute approximate surface area is 192 Å². The molecule has 0 saturated heterocycles. The number of rotatable bonds is 9. The molecule has 4 aromatic rings. The number of ether oxygens (including phenoxy) is 2. The predicted molar refractivity (Wildman–Crippen MR) is 122 cm³/mol. The number of aromatic nitrogens is 2. The zero-order valence-electron chi connectivity index (χ0n) is 17.6. The van der Waals surface area contributed by atoms with E-state index in [1.807, 2.05) is 30.3 Å². The Balaban J connectivity index is 1.65. The monoisotopic (exact) mass is 465 g/mol. The van der Waals surface area contributed by atoms with Crippen molar-refractivity contribution in [1.82, 2.24) is 9.38 Å². The smallest absolute Gasteiger partial charge is 0.311 e. The molecule has 9 nitrogen and oxygen atoms in total. The Morgan fingerprint density at radius 3 is 2.73 bits per heavy atom. The van der Waals surface area contributed by atoms with Gasteiger partial charge in [0.05, 0.1) is 18.0 Å². The van der Waals surface area contributed by atoms with Gasteiger partial charge in [-0.25, -0.2) is 4.98 Å². The highest BCUT2D eigenvalue weighted by Crippen LogP contribution is 2.35. The summed E-state index contributed by atoms with van der Waals surface area (Å²) in [7, 11) is 0. The number of esters is 1. The third kappa shape index (κ3) is 4.75. The van der Waals surface area contributed by atoms with Crippen LogP contribution in [-0.2, 0) is 22.6 Å². The maximum atomic E-state index is 11.8. The van der Waals surface area contributed by atoms with Gasteiger partial charge in [0.25, 0.3) is 0 Å². The van der Waals surface area contributed by atoms with Crippen LogP contribution in [0.4, 0.5) is 5.69 Å². The fraction of sp³-hybridized carbons (Fsp3) is 0.174. The van der Waals surface area contributed by atoms with Crippen LogP contribution in [0.2, 0.25) is 0 Å². The van der Waals surface area contributed by atoms with Gasteiger partial charge in [-0.15, -0.1) is 11.3 Å². The van der Waals surface area contributed by atoms with Gasteiger partial charge in [0.1, 0.15) is 18.0 Å². The van der Waals surface area contributed by atoms with Crippen LogP contribution in [0.1, 0.15) is 27.9 Å². The Kier molecular flexibility index (Phi) is 6.45. The minimum absolute atomic E-state index is 0.0778. The van der Waals surface area contributed by atoms with Crippen LogP contribution < -0.4 is 4.74 Å². The lowest BCUT2D eigenvalue weighted by molar-refractivity contribution is -0.385. The number of thiazole rings is 1. The quantitative estimate of drug-likeness (QED) is 0.155. The fourth-order valence-electron chi connectivity index (χ4n) is 3.33. The summed E-state index contributed by atoms with van der Waals surface area (Å²) in [4.78, 5) is 40.4. The highest BCUT2D eigenvalue weighted by atomic mass is 32.1. The van der Waals surface area contributed by atoms with Crippen molar-refractivity contribution < 1.29 is 24.0 Å². The predicted octanol–water partition coefficient (Wildman–Crippen LogP) is 4.47. The molecule has 0 bridgehead atoms. The van der Waals surface area contributed by atoms with Crippen molar-refractivity contribution in [2.24, 2.45) is 0 Å². The van der Waals surface area contributed by atoms with Crippen LogP contribution in [0.15, 0.2) is 54.7 Å². The molecule has 0 aliphatic carbocycles. The van der Waals surface area contributed by atoms with E-state index in [2.05, 4.69) is 4.98 Å². The topological polar surface area (TPSA) is 113 Å². The van der Waals surface area contributed by atoms with Crippen molar-refractivity contribution in [1.29, 1.82) is 0 Å². The summed E-state index contributed by atoms with van der Waals surface area (Å²) >= 11 is 1.25. The van der Waals surface area contributed by atoms with Crippen LogP contribution in [-0.4, -0.2) is 33.2 Å². The Morgan fingerprint density at radius 2 is 2.03 bits per heavy atom. The second-order valence-electron chi connectivity index (χ2n) is 7.01. The number of imidazole rings is 1. The number of hydrogen-bond donors (Lipinski definition) is 0. The lowest BCUT2D eigenvalue weighted by Crippen LogP contribution is -2.06. The molecular formula is C23H19N3O6S. The summed E-state index contributed by atoms with van der Waals surface area (Å²) in [6, 6.07) is 13.8. The van der Waals surface area contributed by atoms with Gasteiger partial charge >= 0.3 is 11.7 Å². The average molecular weight is 465 g/mol. The summed E-state index contributed by atoms with van der Waals surface area (Å²) in [5.41, 5.74) is 1.63. The molecule has 0 aliphatic heterocycles. The van der Waals surface area contributed by atoms with E-state index in [4.69, 9.17) is 9.47 Å². The number of nitro groups is 1. The van der Waals surface area contributed by atoms with Crippen molar-refractivity contribution in [2.75, 3.05) is 6.61 Å². The van der Waals surface area contributed by atoms with Crippen molar-refractivity contribution in [3.05, 3.63) is 81.0 Å². The number of nitro benzene ring substituents is 1. The molecule has 2 heterocycles. The van der Waals surface area contributed by atoms with Crippen molar-refractivity contribution in [2.45, 2.75) is 20.0 Å². The van der Waals surface area contributed by atoms with Gasteiger partial charge in [-0.3, -0.25) is 24.1 Å². The van der Waals surface area contributed by atoms with E-state index in [0.717, 1.165) is 5.56 Å². The van der Waals surface area contributed by atoms with Crippen LogP contribution in [0, 0.1) is 10.1 Å². The standard InChI is InChI=1S/C23H19N3O6S/c1-2-31-21(28)11-17-12-25-19(13-27)22(24-23(25)33-17)16-8-9-20(18(10-16)26(29)30)32-14-15-6-4-3-5-7-15/h3-10,12-13H,2,11,14H2,1H3. The molecule has 168 valence electrons. The molecule has 0 radical (unpaired) electrons. The highest BCUT2D eigenvalue weighted by Gasteiger charge is 2.22. The summed E-state index contributed by atoms with van der Waals surface area (Å²) in [5.74, 6) is -0.241. The minimum atomic E-state index is -0.528. The maximum Gasteiger partial charge on any atom is 0.311 e. The first-order valence-corrected chi connectivity index (χ1v) is 10.9.